The first kappa shape index (κ1) is 13.8. The maximum atomic E-state index is 9.36. The zero-order valence-electron chi connectivity index (χ0n) is 12.2. The van der Waals surface area contributed by atoms with Crippen molar-refractivity contribution >= 4 is 5.71 Å². The molecule has 3 rings (SSSR count). The Morgan fingerprint density at radius 2 is 1.52 bits per heavy atom. The highest BCUT2D eigenvalue weighted by atomic mass is 16.4. The maximum Gasteiger partial charge on any atom is 0.120 e. The number of nitrogens with zero attached hydrogens (tertiary/aromatic N) is 1. The molecule has 3 nitrogen and oxygen atoms in total. The van der Waals surface area contributed by atoms with Crippen molar-refractivity contribution in [2.24, 2.45) is 11.1 Å². The highest BCUT2D eigenvalue weighted by molar-refractivity contribution is 5.87. The largest absolute Gasteiger partial charge is 0.411 e. The lowest BCUT2D eigenvalue weighted by Crippen LogP contribution is -2.90. The van der Waals surface area contributed by atoms with Gasteiger partial charge in [-0.3, -0.25) is 0 Å². The van der Waals surface area contributed by atoms with Crippen LogP contribution in [0.1, 0.15) is 36.6 Å². The first-order valence-corrected chi connectivity index (χ1v) is 7.45. The second-order valence-electron chi connectivity index (χ2n) is 5.73. The van der Waals surface area contributed by atoms with Gasteiger partial charge in [0.1, 0.15) is 12.1 Å². The smallest absolute Gasteiger partial charge is 0.120 e. The van der Waals surface area contributed by atoms with Crippen molar-refractivity contribution in [3.8, 4) is 0 Å². The summed E-state index contributed by atoms with van der Waals surface area (Å²) in [5, 5.41) is 15.3. The van der Waals surface area contributed by atoms with Gasteiger partial charge in [0.25, 0.3) is 0 Å². The Morgan fingerprint density at radius 3 is 2.10 bits per heavy atom. The first-order chi connectivity index (χ1) is 10.3. The molecule has 0 saturated carbocycles. The number of quaternary nitrogens is 1. The molecule has 3 N–H and O–H groups in total. The molecule has 1 aliphatic rings. The summed E-state index contributed by atoms with van der Waals surface area (Å²) in [6.45, 7) is 2.14. The van der Waals surface area contributed by atoms with E-state index in [4.69, 9.17) is 0 Å². The Morgan fingerprint density at radius 1 is 0.952 bits per heavy atom. The summed E-state index contributed by atoms with van der Waals surface area (Å²) in [5.74, 6) is 0.234. The summed E-state index contributed by atoms with van der Waals surface area (Å²) in [4.78, 5) is 0. The molecule has 0 aromatic heterocycles. The second-order valence-corrected chi connectivity index (χ2v) is 5.73. The molecule has 0 spiro atoms. The Bertz CT molecular complexity index is 610. The highest BCUT2D eigenvalue weighted by Crippen LogP contribution is 2.29. The second kappa shape index (κ2) is 6.10. The Balaban J connectivity index is 1.93. The van der Waals surface area contributed by atoms with E-state index in [1.54, 1.807) is 0 Å². The molecule has 2 aromatic rings. The molecule has 3 heteroatoms. The number of rotatable bonds is 2. The molecule has 0 radical (unpaired) electrons. The van der Waals surface area contributed by atoms with E-state index >= 15 is 0 Å². The van der Waals surface area contributed by atoms with Crippen molar-refractivity contribution < 1.29 is 10.5 Å². The van der Waals surface area contributed by atoms with Crippen molar-refractivity contribution in [2.45, 2.75) is 25.4 Å². The molecule has 2 aromatic carbocycles. The minimum absolute atomic E-state index is 0.234. The third-order valence-corrected chi connectivity index (χ3v) is 4.47. The van der Waals surface area contributed by atoms with Crippen LogP contribution in [0.2, 0.25) is 0 Å². The normalized spacial score (nSPS) is 27.7. The Kier molecular flexibility index (Phi) is 4.02. The van der Waals surface area contributed by atoms with E-state index in [9.17, 15) is 5.21 Å². The van der Waals surface area contributed by atoms with Crippen LogP contribution < -0.4 is 5.32 Å². The summed E-state index contributed by atoms with van der Waals surface area (Å²) in [5.41, 5.74) is 3.46. The van der Waals surface area contributed by atoms with E-state index in [0.29, 0.717) is 6.04 Å². The molecular formula is C18H21N2O+. The summed E-state index contributed by atoms with van der Waals surface area (Å²) >= 11 is 0. The van der Waals surface area contributed by atoms with Gasteiger partial charge < -0.3 is 10.5 Å². The van der Waals surface area contributed by atoms with Gasteiger partial charge in [-0.05, 0) is 0 Å². The van der Waals surface area contributed by atoms with Gasteiger partial charge >= 0.3 is 0 Å². The molecule has 1 aliphatic heterocycles. The Hall–Kier alpha value is -2.13. The molecule has 1 saturated heterocycles. The number of nitrogens with two attached hydrogens (primary N) is 1. The van der Waals surface area contributed by atoms with Gasteiger partial charge in [-0.2, -0.15) is 0 Å². The summed E-state index contributed by atoms with van der Waals surface area (Å²) in [7, 11) is 0. The lowest BCUT2D eigenvalue weighted by Gasteiger charge is -2.33. The van der Waals surface area contributed by atoms with Crippen molar-refractivity contribution in [3.63, 3.8) is 0 Å². The third kappa shape index (κ3) is 2.83. The average molecular weight is 281 g/mol. The van der Waals surface area contributed by atoms with Crippen LogP contribution in [0.4, 0.5) is 0 Å². The van der Waals surface area contributed by atoms with E-state index in [-0.39, 0.29) is 12.0 Å². The Labute approximate surface area is 125 Å². The van der Waals surface area contributed by atoms with E-state index in [0.717, 1.165) is 12.1 Å². The summed E-state index contributed by atoms with van der Waals surface area (Å²) in [6.07, 6.45) is 0.797. The average Bonchev–Trinajstić information content (AvgIpc) is 2.56. The van der Waals surface area contributed by atoms with Crippen molar-refractivity contribution in [1.29, 1.82) is 0 Å². The fourth-order valence-electron chi connectivity index (χ4n) is 3.24. The zero-order chi connectivity index (χ0) is 14.7. The molecular weight excluding hydrogens is 260 g/mol. The summed E-state index contributed by atoms with van der Waals surface area (Å²) < 4.78 is 0. The predicted octanol–water partition coefficient (Wildman–Crippen LogP) is 2.90. The molecule has 0 unspecified atom stereocenters. The minimum atomic E-state index is 0.234. The number of benzene rings is 2. The van der Waals surface area contributed by atoms with Crippen molar-refractivity contribution in [3.05, 3.63) is 71.8 Å². The number of piperidine rings is 1. The van der Waals surface area contributed by atoms with Crippen LogP contribution >= 0.6 is 0 Å². The highest BCUT2D eigenvalue weighted by Gasteiger charge is 2.37. The van der Waals surface area contributed by atoms with Gasteiger partial charge in [-0.1, -0.05) is 72.7 Å². The lowest BCUT2D eigenvalue weighted by atomic mass is 9.81. The van der Waals surface area contributed by atoms with Gasteiger partial charge in [0.15, 0.2) is 0 Å². The molecule has 1 fully saturated rings. The topological polar surface area (TPSA) is 49.2 Å². The third-order valence-electron chi connectivity index (χ3n) is 4.47. The van der Waals surface area contributed by atoms with Gasteiger partial charge in [-0.15, -0.1) is 0 Å². The van der Waals surface area contributed by atoms with E-state index < -0.39 is 0 Å². The quantitative estimate of drug-likeness (QED) is 0.645. The number of oxime groups is 1. The lowest BCUT2D eigenvalue weighted by molar-refractivity contribution is -0.741. The van der Waals surface area contributed by atoms with Crippen LogP contribution in [0.25, 0.3) is 0 Å². The monoisotopic (exact) mass is 281 g/mol. The minimum Gasteiger partial charge on any atom is -0.411 e. The molecule has 1 heterocycles. The first-order valence-electron chi connectivity index (χ1n) is 7.45. The van der Waals surface area contributed by atoms with Gasteiger partial charge in [-0.25, -0.2) is 0 Å². The van der Waals surface area contributed by atoms with Crippen LogP contribution in [-0.2, 0) is 0 Å². The van der Waals surface area contributed by atoms with Gasteiger partial charge in [0.2, 0.25) is 0 Å². The van der Waals surface area contributed by atoms with E-state index in [1.807, 2.05) is 12.1 Å². The fourth-order valence-corrected chi connectivity index (χ4v) is 3.24. The van der Waals surface area contributed by atoms with Crippen LogP contribution in [0.5, 0.6) is 0 Å². The van der Waals surface area contributed by atoms with Crippen LogP contribution in [0.15, 0.2) is 65.8 Å². The van der Waals surface area contributed by atoms with Crippen LogP contribution in [-0.4, -0.2) is 10.9 Å². The molecule has 3 atom stereocenters. The van der Waals surface area contributed by atoms with Crippen LogP contribution in [0, 0.1) is 5.92 Å². The van der Waals surface area contributed by atoms with E-state index in [1.165, 1.54) is 11.1 Å². The molecule has 108 valence electrons. The maximum absolute atomic E-state index is 9.36. The molecule has 0 aliphatic carbocycles. The zero-order valence-corrected chi connectivity index (χ0v) is 12.2. The van der Waals surface area contributed by atoms with Crippen molar-refractivity contribution in [2.75, 3.05) is 0 Å². The predicted molar refractivity (Wildman–Crippen MR) is 83.3 cm³/mol. The number of hydrogen-bond acceptors (Lipinski definition) is 2. The summed E-state index contributed by atoms with van der Waals surface area (Å²) in [6, 6.07) is 21.5. The molecule has 21 heavy (non-hydrogen) atoms. The molecule has 0 amide bonds. The van der Waals surface area contributed by atoms with Gasteiger partial charge in [0, 0.05) is 17.5 Å². The molecule has 0 bridgehead atoms. The standard InChI is InChI=1S/C18H20N2O/c1-13-16(20-21)12-17(14-8-4-2-5-9-14)19-18(13)15-10-6-3-7-11-15/h2-11,13,17-19,21H,12H2,1H3/p+1/t13-,17+,18+/m1/s1. The SMILES string of the molecule is C[C@@H]1C(=NO)C[C@@H](c2ccccc2)[NH2+][C@@H]1c1ccccc1. The fraction of sp³-hybridized carbons (Fsp3) is 0.278. The van der Waals surface area contributed by atoms with Gasteiger partial charge in [0.05, 0.1) is 11.6 Å². The van der Waals surface area contributed by atoms with Crippen molar-refractivity contribution in [1.82, 2.24) is 0 Å². The van der Waals surface area contributed by atoms with E-state index in [2.05, 4.69) is 65.9 Å². The number of hydrogen-bond donors (Lipinski definition) is 2. The van der Waals surface area contributed by atoms with Crippen LogP contribution in [0.3, 0.4) is 0 Å².